The molecule has 0 radical (unpaired) electrons. The molecule has 0 aliphatic carbocycles. The summed E-state index contributed by atoms with van der Waals surface area (Å²) in [6.07, 6.45) is 0.0936. The Labute approximate surface area is 108 Å². The molecule has 2 rings (SSSR count). The maximum Gasteiger partial charge on any atom is 0.137 e. The average molecular weight is 304 g/mol. The summed E-state index contributed by atoms with van der Waals surface area (Å²) in [5, 5.41) is 3.24. The maximum absolute atomic E-state index is 13.2. The van der Waals surface area contributed by atoms with Gasteiger partial charge in [-0.25, -0.2) is 4.39 Å². The molecule has 1 N–H and O–H groups in total. The van der Waals surface area contributed by atoms with Crippen LogP contribution in [0.3, 0.4) is 0 Å². The summed E-state index contributed by atoms with van der Waals surface area (Å²) in [5.41, 5.74) is 0.904. The zero-order valence-electron chi connectivity index (χ0n) is 9.42. The minimum Gasteiger partial charge on any atom is -0.376 e. The summed E-state index contributed by atoms with van der Waals surface area (Å²) in [6, 6.07) is 5.03. The normalized spacial score (nSPS) is 20.5. The van der Waals surface area contributed by atoms with Gasteiger partial charge in [-0.15, -0.1) is 0 Å². The molecule has 0 spiro atoms. The van der Waals surface area contributed by atoms with Gasteiger partial charge in [0.05, 0.1) is 30.4 Å². The second-order valence-electron chi connectivity index (χ2n) is 3.91. The summed E-state index contributed by atoms with van der Waals surface area (Å²) in [6.45, 7) is 3.26. The Hall–Kier alpha value is -0.490. The molecule has 1 aromatic rings. The van der Waals surface area contributed by atoms with Crippen LogP contribution >= 0.6 is 15.9 Å². The van der Waals surface area contributed by atoms with Crippen molar-refractivity contribution in [1.82, 2.24) is 5.32 Å². The topological polar surface area (TPSA) is 30.5 Å². The summed E-state index contributed by atoms with van der Waals surface area (Å²) in [5.74, 6) is -0.235. The van der Waals surface area contributed by atoms with Crippen LogP contribution in [-0.2, 0) is 16.0 Å². The van der Waals surface area contributed by atoms with Crippen molar-refractivity contribution in [2.24, 2.45) is 0 Å². The Kier molecular flexibility index (Phi) is 4.91. The van der Waals surface area contributed by atoms with E-state index in [0.717, 1.165) is 5.56 Å². The summed E-state index contributed by atoms with van der Waals surface area (Å²) in [7, 11) is 0. The molecule has 1 heterocycles. The van der Waals surface area contributed by atoms with Gasteiger partial charge in [0.15, 0.2) is 0 Å². The standard InChI is InChI=1S/C12H15BrFNO2/c13-12-9(2-1-3-11(12)14)6-15-7-10-8-16-4-5-17-10/h1-3,10,15H,4-8H2. The number of rotatable bonds is 4. The van der Waals surface area contributed by atoms with Crippen molar-refractivity contribution in [3.8, 4) is 0 Å². The molecule has 5 heteroatoms. The van der Waals surface area contributed by atoms with Crippen LogP contribution in [0.4, 0.5) is 4.39 Å². The van der Waals surface area contributed by atoms with E-state index in [1.54, 1.807) is 6.07 Å². The Morgan fingerprint density at radius 1 is 1.41 bits per heavy atom. The fraction of sp³-hybridized carbons (Fsp3) is 0.500. The molecule has 1 saturated heterocycles. The Bertz CT molecular complexity index is 370. The molecule has 1 fully saturated rings. The van der Waals surface area contributed by atoms with Crippen LogP contribution in [0.5, 0.6) is 0 Å². The van der Waals surface area contributed by atoms with Gasteiger partial charge in [0, 0.05) is 13.1 Å². The number of hydrogen-bond donors (Lipinski definition) is 1. The zero-order chi connectivity index (χ0) is 12.1. The van der Waals surface area contributed by atoms with Crippen LogP contribution in [0.25, 0.3) is 0 Å². The van der Waals surface area contributed by atoms with Crippen molar-refractivity contribution < 1.29 is 13.9 Å². The van der Waals surface area contributed by atoms with Crippen molar-refractivity contribution in [1.29, 1.82) is 0 Å². The number of nitrogens with one attached hydrogen (secondary N) is 1. The lowest BCUT2D eigenvalue weighted by Gasteiger charge is -2.23. The molecule has 1 aliphatic rings. The van der Waals surface area contributed by atoms with Gasteiger partial charge < -0.3 is 14.8 Å². The number of hydrogen-bond acceptors (Lipinski definition) is 3. The van der Waals surface area contributed by atoms with Gasteiger partial charge in [-0.3, -0.25) is 0 Å². The average Bonchev–Trinajstić information content (AvgIpc) is 2.36. The van der Waals surface area contributed by atoms with E-state index in [1.165, 1.54) is 6.07 Å². The SMILES string of the molecule is Fc1cccc(CNCC2COCCO2)c1Br. The van der Waals surface area contributed by atoms with Gasteiger partial charge in [0.2, 0.25) is 0 Å². The Balaban J connectivity index is 1.79. The molecule has 1 unspecified atom stereocenters. The van der Waals surface area contributed by atoms with Crippen LogP contribution in [0.1, 0.15) is 5.56 Å². The van der Waals surface area contributed by atoms with Crippen molar-refractivity contribution in [2.45, 2.75) is 12.6 Å². The van der Waals surface area contributed by atoms with Crippen molar-refractivity contribution in [3.05, 3.63) is 34.1 Å². The van der Waals surface area contributed by atoms with Crippen molar-refractivity contribution in [3.63, 3.8) is 0 Å². The molecule has 17 heavy (non-hydrogen) atoms. The highest BCUT2D eigenvalue weighted by atomic mass is 79.9. The molecular weight excluding hydrogens is 289 g/mol. The van der Waals surface area contributed by atoms with Gasteiger partial charge in [-0.1, -0.05) is 12.1 Å². The molecular formula is C12H15BrFNO2. The Morgan fingerprint density at radius 3 is 3.06 bits per heavy atom. The van der Waals surface area contributed by atoms with Gasteiger partial charge in [0.25, 0.3) is 0 Å². The van der Waals surface area contributed by atoms with Gasteiger partial charge >= 0.3 is 0 Å². The largest absolute Gasteiger partial charge is 0.376 e. The first-order valence-electron chi connectivity index (χ1n) is 5.60. The second kappa shape index (κ2) is 6.44. The van der Waals surface area contributed by atoms with Crippen LogP contribution < -0.4 is 5.32 Å². The summed E-state index contributed by atoms with van der Waals surface area (Å²) < 4.78 is 24.6. The quantitative estimate of drug-likeness (QED) is 0.924. The lowest BCUT2D eigenvalue weighted by molar-refractivity contribution is -0.0864. The first kappa shape index (κ1) is 13.0. The third-order valence-electron chi connectivity index (χ3n) is 2.60. The van der Waals surface area contributed by atoms with Gasteiger partial charge in [0.1, 0.15) is 5.82 Å². The zero-order valence-corrected chi connectivity index (χ0v) is 11.0. The highest BCUT2D eigenvalue weighted by Crippen LogP contribution is 2.20. The predicted molar refractivity (Wildman–Crippen MR) is 66.4 cm³/mol. The van der Waals surface area contributed by atoms with E-state index < -0.39 is 0 Å². The van der Waals surface area contributed by atoms with Gasteiger partial charge in [-0.05, 0) is 27.6 Å². The molecule has 94 valence electrons. The molecule has 3 nitrogen and oxygen atoms in total. The van der Waals surface area contributed by atoms with E-state index in [-0.39, 0.29) is 11.9 Å². The van der Waals surface area contributed by atoms with Crippen LogP contribution in [0.2, 0.25) is 0 Å². The summed E-state index contributed by atoms with van der Waals surface area (Å²) >= 11 is 3.24. The third-order valence-corrected chi connectivity index (χ3v) is 3.49. The minimum absolute atomic E-state index is 0.0936. The molecule has 0 saturated carbocycles. The monoisotopic (exact) mass is 303 g/mol. The van der Waals surface area contributed by atoms with E-state index in [4.69, 9.17) is 9.47 Å². The molecule has 1 atom stereocenters. The van der Waals surface area contributed by atoms with Gasteiger partial charge in [-0.2, -0.15) is 0 Å². The van der Waals surface area contributed by atoms with Crippen molar-refractivity contribution >= 4 is 15.9 Å². The molecule has 0 bridgehead atoms. The molecule has 0 aromatic heterocycles. The molecule has 0 amide bonds. The third kappa shape index (κ3) is 3.74. The molecule has 1 aliphatic heterocycles. The van der Waals surface area contributed by atoms with Crippen LogP contribution in [-0.4, -0.2) is 32.5 Å². The fourth-order valence-electron chi connectivity index (χ4n) is 1.71. The van der Waals surface area contributed by atoms with E-state index in [0.29, 0.717) is 37.4 Å². The van der Waals surface area contributed by atoms with Crippen LogP contribution in [0.15, 0.2) is 22.7 Å². The first-order valence-corrected chi connectivity index (χ1v) is 6.39. The number of benzene rings is 1. The summed E-state index contributed by atoms with van der Waals surface area (Å²) in [4.78, 5) is 0. The van der Waals surface area contributed by atoms with E-state index in [9.17, 15) is 4.39 Å². The number of ether oxygens (including phenoxy) is 2. The van der Waals surface area contributed by atoms with Crippen LogP contribution in [0, 0.1) is 5.82 Å². The van der Waals surface area contributed by atoms with E-state index in [1.807, 2.05) is 6.07 Å². The predicted octanol–water partition coefficient (Wildman–Crippen LogP) is 2.09. The smallest absolute Gasteiger partial charge is 0.137 e. The van der Waals surface area contributed by atoms with Crippen molar-refractivity contribution in [2.75, 3.05) is 26.4 Å². The first-order chi connectivity index (χ1) is 8.27. The van der Waals surface area contributed by atoms with E-state index in [2.05, 4.69) is 21.2 Å². The highest BCUT2D eigenvalue weighted by molar-refractivity contribution is 9.10. The second-order valence-corrected chi connectivity index (χ2v) is 4.70. The Morgan fingerprint density at radius 2 is 2.29 bits per heavy atom. The number of halogens is 2. The van der Waals surface area contributed by atoms with E-state index >= 15 is 0 Å². The molecule has 1 aromatic carbocycles. The lowest BCUT2D eigenvalue weighted by atomic mass is 10.2. The highest BCUT2D eigenvalue weighted by Gasteiger charge is 2.13. The maximum atomic E-state index is 13.2. The fourth-order valence-corrected chi connectivity index (χ4v) is 2.11. The lowest BCUT2D eigenvalue weighted by Crippen LogP contribution is -2.37. The minimum atomic E-state index is -0.235.